The number of nitrogens with zero attached hydrogens (tertiary/aromatic N) is 3. The highest BCUT2D eigenvalue weighted by Gasteiger charge is 2.10. The molecule has 1 aromatic heterocycles. The van der Waals surface area contributed by atoms with Crippen LogP contribution in [0, 0.1) is 0 Å². The minimum Gasteiger partial charge on any atom is -0.411 e. The van der Waals surface area contributed by atoms with E-state index < -0.39 is 0 Å². The molecular formula is C20H22N4O2S. The Morgan fingerprint density at radius 2 is 1.78 bits per heavy atom. The van der Waals surface area contributed by atoms with Crippen LogP contribution in [-0.2, 0) is 4.79 Å². The summed E-state index contributed by atoms with van der Waals surface area (Å²) in [4.78, 5) is 14.1. The molecule has 3 aromatic rings. The summed E-state index contributed by atoms with van der Waals surface area (Å²) in [5.41, 5.74) is 2.04. The average molecular weight is 382 g/mol. The maximum absolute atomic E-state index is 12.0. The highest BCUT2D eigenvalue weighted by Crippen LogP contribution is 2.22. The number of thioether (sulfide) groups is 1. The first-order valence-corrected chi connectivity index (χ1v) is 9.75. The predicted molar refractivity (Wildman–Crippen MR) is 108 cm³/mol. The van der Waals surface area contributed by atoms with Gasteiger partial charge >= 0.3 is 0 Å². The van der Waals surface area contributed by atoms with Gasteiger partial charge in [0.1, 0.15) is 0 Å². The minimum absolute atomic E-state index is 0.0400. The number of aromatic nitrogens is 2. The monoisotopic (exact) mass is 382 g/mol. The summed E-state index contributed by atoms with van der Waals surface area (Å²) in [5.74, 6) is 0.676. The van der Waals surface area contributed by atoms with Gasteiger partial charge in [0, 0.05) is 31.4 Å². The summed E-state index contributed by atoms with van der Waals surface area (Å²) in [6, 6.07) is 19.7. The van der Waals surface area contributed by atoms with E-state index >= 15 is 0 Å². The van der Waals surface area contributed by atoms with Crippen LogP contribution in [0.2, 0.25) is 0 Å². The molecule has 0 radical (unpaired) electrons. The van der Waals surface area contributed by atoms with Crippen molar-refractivity contribution in [2.24, 2.45) is 0 Å². The Labute approximate surface area is 163 Å². The minimum atomic E-state index is -0.0400. The molecule has 7 heteroatoms. The van der Waals surface area contributed by atoms with Crippen molar-refractivity contribution in [3.8, 4) is 11.5 Å². The van der Waals surface area contributed by atoms with Crippen molar-refractivity contribution in [2.75, 3.05) is 30.8 Å². The van der Waals surface area contributed by atoms with Crippen LogP contribution >= 0.6 is 11.8 Å². The highest BCUT2D eigenvalue weighted by atomic mass is 32.2. The Bertz CT molecular complexity index is 839. The van der Waals surface area contributed by atoms with Crippen molar-refractivity contribution in [3.05, 3.63) is 60.7 Å². The van der Waals surface area contributed by atoms with Crippen LogP contribution in [0.4, 0.5) is 5.69 Å². The topological polar surface area (TPSA) is 71.3 Å². The summed E-state index contributed by atoms with van der Waals surface area (Å²) >= 11 is 1.24. The van der Waals surface area contributed by atoms with Crippen LogP contribution in [0.3, 0.4) is 0 Å². The van der Waals surface area contributed by atoms with Crippen molar-refractivity contribution in [3.63, 3.8) is 0 Å². The maximum atomic E-state index is 12.0. The van der Waals surface area contributed by atoms with Gasteiger partial charge in [-0.2, -0.15) is 0 Å². The fourth-order valence-corrected chi connectivity index (χ4v) is 3.09. The predicted octanol–water partition coefficient (Wildman–Crippen LogP) is 3.47. The van der Waals surface area contributed by atoms with Crippen molar-refractivity contribution >= 4 is 23.4 Å². The second-order valence-corrected chi connectivity index (χ2v) is 6.92. The summed E-state index contributed by atoms with van der Waals surface area (Å²) in [6.45, 7) is 1.51. The summed E-state index contributed by atoms with van der Waals surface area (Å²) in [5, 5.41) is 11.3. The fraction of sp³-hybridized carbons (Fsp3) is 0.250. The van der Waals surface area contributed by atoms with E-state index in [1.807, 2.05) is 55.6 Å². The Balaban J connectivity index is 1.35. The smallest absolute Gasteiger partial charge is 0.277 e. The largest absolute Gasteiger partial charge is 0.411 e. The second-order valence-electron chi connectivity index (χ2n) is 5.99. The average Bonchev–Trinajstić information content (AvgIpc) is 3.20. The molecule has 0 saturated heterocycles. The number of rotatable bonds is 9. The molecule has 0 aliphatic heterocycles. The van der Waals surface area contributed by atoms with E-state index in [1.54, 1.807) is 0 Å². The Hall–Kier alpha value is -2.80. The van der Waals surface area contributed by atoms with Gasteiger partial charge in [-0.1, -0.05) is 48.2 Å². The van der Waals surface area contributed by atoms with E-state index in [1.165, 1.54) is 17.4 Å². The number of hydrogen-bond acceptors (Lipinski definition) is 6. The zero-order valence-electron chi connectivity index (χ0n) is 15.2. The van der Waals surface area contributed by atoms with Gasteiger partial charge in [0.15, 0.2) is 0 Å². The van der Waals surface area contributed by atoms with Gasteiger partial charge in [-0.3, -0.25) is 4.79 Å². The van der Waals surface area contributed by atoms with Crippen molar-refractivity contribution in [1.82, 2.24) is 15.5 Å². The highest BCUT2D eigenvalue weighted by molar-refractivity contribution is 7.99. The third-order valence-electron chi connectivity index (χ3n) is 3.94. The molecule has 3 rings (SSSR count). The molecule has 0 unspecified atom stereocenters. The second kappa shape index (κ2) is 9.78. The third-order valence-corrected chi connectivity index (χ3v) is 4.76. The first-order chi connectivity index (χ1) is 13.2. The molecule has 0 spiro atoms. The van der Waals surface area contributed by atoms with Crippen LogP contribution in [-0.4, -0.2) is 42.0 Å². The Kier molecular flexibility index (Phi) is 6.87. The Morgan fingerprint density at radius 3 is 2.52 bits per heavy atom. The van der Waals surface area contributed by atoms with Crippen LogP contribution in [0.5, 0.6) is 0 Å². The lowest BCUT2D eigenvalue weighted by molar-refractivity contribution is -0.118. The zero-order chi connectivity index (χ0) is 18.9. The third kappa shape index (κ3) is 5.86. The van der Waals surface area contributed by atoms with Gasteiger partial charge in [0.25, 0.3) is 5.22 Å². The molecule has 0 bridgehead atoms. The van der Waals surface area contributed by atoms with Crippen LogP contribution in [0.1, 0.15) is 6.42 Å². The quantitative estimate of drug-likeness (QED) is 0.451. The molecule has 0 aliphatic rings. The van der Waals surface area contributed by atoms with E-state index in [9.17, 15) is 4.79 Å². The molecule has 1 heterocycles. The molecule has 140 valence electrons. The molecule has 1 amide bonds. The van der Waals surface area contributed by atoms with Gasteiger partial charge in [0.05, 0.1) is 5.75 Å². The SMILES string of the molecule is CN(CCCNC(=O)CSc1nnc(-c2ccccc2)o1)c1ccccc1. The van der Waals surface area contributed by atoms with Gasteiger partial charge < -0.3 is 14.6 Å². The molecular weight excluding hydrogens is 360 g/mol. The standard InChI is InChI=1S/C20H22N4O2S/c1-24(17-11-6-3-7-12-17)14-8-13-21-18(25)15-27-20-23-22-19(26-20)16-9-4-2-5-10-16/h2-7,9-12H,8,13-15H2,1H3,(H,21,25). The van der Waals surface area contributed by atoms with Gasteiger partial charge in [-0.05, 0) is 30.7 Å². The van der Waals surface area contributed by atoms with Crippen LogP contribution in [0.25, 0.3) is 11.5 Å². The lowest BCUT2D eigenvalue weighted by atomic mass is 10.2. The van der Waals surface area contributed by atoms with Crippen molar-refractivity contribution < 1.29 is 9.21 Å². The number of para-hydroxylation sites is 1. The van der Waals surface area contributed by atoms with Crippen LogP contribution in [0.15, 0.2) is 70.3 Å². The summed E-state index contributed by atoms with van der Waals surface area (Å²) < 4.78 is 5.58. The number of hydrogen-bond donors (Lipinski definition) is 1. The van der Waals surface area contributed by atoms with Gasteiger partial charge in [-0.25, -0.2) is 0 Å². The molecule has 2 aromatic carbocycles. The number of benzene rings is 2. The van der Waals surface area contributed by atoms with E-state index in [2.05, 4.69) is 32.5 Å². The first-order valence-electron chi connectivity index (χ1n) is 8.77. The van der Waals surface area contributed by atoms with E-state index in [0.717, 1.165) is 18.5 Å². The number of carbonyl (C=O) groups excluding carboxylic acids is 1. The number of amides is 1. The molecule has 27 heavy (non-hydrogen) atoms. The number of carbonyl (C=O) groups is 1. The number of nitrogens with one attached hydrogen (secondary N) is 1. The normalized spacial score (nSPS) is 10.6. The van der Waals surface area contributed by atoms with E-state index in [0.29, 0.717) is 17.7 Å². The summed E-state index contributed by atoms with van der Waals surface area (Å²) in [6.07, 6.45) is 0.876. The molecule has 0 fully saturated rings. The fourth-order valence-electron chi connectivity index (χ4n) is 2.50. The summed E-state index contributed by atoms with van der Waals surface area (Å²) in [7, 11) is 2.05. The van der Waals surface area contributed by atoms with Crippen molar-refractivity contribution in [2.45, 2.75) is 11.6 Å². The zero-order valence-corrected chi connectivity index (χ0v) is 16.0. The van der Waals surface area contributed by atoms with Crippen LogP contribution < -0.4 is 10.2 Å². The van der Waals surface area contributed by atoms with E-state index in [-0.39, 0.29) is 11.7 Å². The maximum Gasteiger partial charge on any atom is 0.277 e. The van der Waals surface area contributed by atoms with Gasteiger partial charge in [0.2, 0.25) is 11.8 Å². The first kappa shape index (κ1) is 19.0. The molecule has 0 aliphatic carbocycles. The van der Waals surface area contributed by atoms with Crippen molar-refractivity contribution in [1.29, 1.82) is 0 Å². The molecule has 6 nitrogen and oxygen atoms in total. The molecule has 0 saturated carbocycles. The van der Waals surface area contributed by atoms with E-state index in [4.69, 9.17) is 4.42 Å². The lowest BCUT2D eigenvalue weighted by Crippen LogP contribution is -2.29. The molecule has 0 atom stereocenters. The Morgan fingerprint density at radius 1 is 1.07 bits per heavy atom. The van der Waals surface area contributed by atoms with Gasteiger partial charge in [-0.15, -0.1) is 10.2 Å². The lowest BCUT2D eigenvalue weighted by Gasteiger charge is -2.19. The molecule has 1 N–H and O–H groups in total. The number of anilines is 1.